The van der Waals surface area contributed by atoms with Crippen LogP contribution in [0.5, 0.6) is 0 Å². The third-order valence-electron chi connectivity index (χ3n) is 9.82. The second-order valence-electron chi connectivity index (χ2n) is 12.5. The smallest absolute Gasteiger partial charge is 0.302 e. The molecule has 0 aromatic heterocycles. The van der Waals surface area contributed by atoms with E-state index in [4.69, 9.17) is 4.74 Å². The minimum Gasteiger partial charge on any atom is -0.462 e. The largest absolute Gasteiger partial charge is 0.462 e. The van der Waals surface area contributed by atoms with Crippen molar-refractivity contribution in [2.45, 2.75) is 117 Å². The van der Waals surface area contributed by atoms with Gasteiger partial charge in [-0.2, -0.15) is 0 Å². The van der Waals surface area contributed by atoms with Gasteiger partial charge in [-0.1, -0.05) is 47.0 Å². The van der Waals surface area contributed by atoms with Crippen molar-refractivity contribution in [3.8, 4) is 0 Å². The summed E-state index contributed by atoms with van der Waals surface area (Å²) >= 11 is 0. The first-order valence-corrected chi connectivity index (χ1v) is 13.6. The van der Waals surface area contributed by atoms with Crippen molar-refractivity contribution in [2.24, 2.45) is 34.5 Å². The van der Waals surface area contributed by atoms with Gasteiger partial charge in [0.25, 0.3) is 0 Å². The number of carbonyl (C=O) groups is 3. The lowest BCUT2D eigenvalue weighted by molar-refractivity contribution is -0.198. The van der Waals surface area contributed by atoms with E-state index < -0.39 is 29.2 Å². The molecule has 2 N–H and O–H groups in total. The first-order chi connectivity index (χ1) is 16.3. The maximum atomic E-state index is 14.0. The van der Waals surface area contributed by atoms with Crippen LogP contribution >= 0.6 is 0 Å². The van der Waals surface area contributed by atoms with E-state index >= 15 is 0 Å². The summed E-state index contributed by atoms with van der Waals surface area (Å²) in [6.45, 7) is 12.0. The molecule has 6 nitrogen and oxygen atoms in total. The van der Waals surface area contributed by atoms with E-state index in [2.05, 4.69) is 27.7 Å². The van der Waals surface area contributed by atoms with Crippen LogP contribution in [0.15, 0.2) is 11.6 Å². The van der Waals surface area contributed by atoms with E-state index in [0.717, 1.165) is 32.0 Å². The highest BCUT2D eigenvalue weighted by Gasteiger charge is 2.64. The van der Waals surface area contributed by atoms with E-state index in [1.165, 1.54) is 13.3 Å². The summed E-state index contributed by atoms with van der Waals surface area (Å²) in [5.41, 5.74) is -2.62. The zero-order valence-corrected chi connectivity index (χ0v) is 22.5. The number of aliphatic hydroxyl groups is 2. The number of Topliss-reactive ketones (excluding diaryl/α,β-unsaturated/α-hetero) is 1. The summed E-state index contributed by atoms with van der Waals surface area (Å²) < 4.78 is 5.33. The number of hydrogen-bond donors (Lipinski definition) is 2. The fraction of sp³-hybridized carbons (Fsp3) is 0.828. The second-order valence-corrected chi connectivity index (χ2v) is 12.5. The lowest BCUT2D eigenvalue weighted by Gasteiger charge is -2.54. The fourth-order valence-electron chi connectivity index (χ4n) is 7.64. The normalized spacial score (nSPS) is 40.3. The first-order valence-electron chi connectivity index (χ1n) is 13.6. The number of fused-ring (bicyclic) bond motifs is 1. The summed E-state index contributed by atoms with van der Waals surface area (Å²) in [4.78, 5) is 37.3. The highest BCUT2D eigenvalue weighted by Crippen LogP contribution is 2.60. The molecule has 35 heavy (non-hydrogen) atoms. The highest BCUT2D eigenvalue weighted by atomic mass is 16.5. The Kier molecular flexibility index (Phi) is 8.38. The summed E-state index contributed by atoms with van der Waals surface area (Å²) in [5.74, 6) is 0.756. The predicted octanol–water partition coefficient (Wildman–Crippen LogP) is 4.79. The number of rotatable bonds is 9. The summed E-state index contributed by atoms with van der Waals surface area (Å²) in [6, 6.07) is 0. The van der Waals surface area contributed by atoms with Crippen LogP contribution in [0, 0.1) is 34.5 Å². The Balaban J connectivity index is 1.89. The van der Waals surface area contributed by atoms with Crippen molar-refractivity contribution in [3.05, 3.63) is 11.6 Å². The number of ether oxygens (including phenoxy) is 1. The van der Waals surface area contributed by atoms with Crippen LogP contribution < -0.4 is 0 Å². The molecule has 0 bridgehead atoms. The molecular weight excluding hydrogens is 444 g/mol. The molecule has 0 aromatic carbocycles. The van der Waals surface area contributed by atoms with Gasteiger partial charge in [0.2, 0.25) is 0 Å². The Morgan fingerprint density at radius 1 is 1.20 bits per heavy atom. The molecule has 8 unspecified atom stereocenters. The van der Waals surface area contributed by atoms with Crippen molar-refractivity contribution >= 4 is 18.0 Å². The average Bonchev–Trinajstić information content (AvgIpc) is 3.09. The molecule has 0 aromatic rings. The van der Waals surface area contributed by atoms with Gasteiger partial charge < -0.3 is 19.7 Å². The Bertz CT molecular complexity index is 848. The van der Waals surface area contributed by atoms with Crippen molar-refractivity contribution in [2.75, 3.05) is 0 Å². The lowest BCUT2D eigenvalue weighted by atomic mass is 9.53. The van der Waals surface area contributed by atoms with E-state index in [1.54, 1.807) is 13.0 Å². The van der Waals surface area contributed by atoms with Crippen LogP contribution in [0.3, 0.4) is 0 Å². The number of allylic oxidation sites excluding steroid dienone is 1. The zero-order chi connectivity index (χ0) is 26.2. The average molecular weight is 491 g/mol. The number of hydrogen-bond acceptors (Lipinski definition) is 6. The van der Waals surface area contributed by atoms with E-state index in [1.807, 2.05) is 0 Å². The number of esters is 1. The van der Waals surface area contributed by atoms with Gasteiger partial charge in [-0.15, -0.1) is 0 Å². The Hall–Kier alpha value is -1.53. The molecule has 0 spiro atoms. The number of ketones is 1. The van der Waals surface area contributed by atoms with Gasteiger partial charge in [-0.3, -0.25) is 9.59 Å². The minimum atomic E-state index is -1.69. The summed E-state index contributed by atoms with van der Waals surface area (Å²) in [6.07, 6.45) is 7.21. The monoisotopic (exact) mass is 490 g/mol. The standard InChI is InChI=1S/C29H46O6/c1-18(2)8-7-9-19(3)23-10-11-24(27(23,5)14-15-30)22-16-25(32)29(34)17-21(35-20(4)31)12-13-28(29,6)26(22)33/h15-16,18-19,21,23-25,32,34H,7-14,17H2,1-6H3. The first kappa shape index (κ1) is 28.0. The van der Waals surface area contributed by atoms with Crippen molar-refractivity contribution in [1.29, 1.82) is 0 Å². The van der Waals surface area contributed by atoms with Crippen molar-refractivity contribution in [3.63, 3.8) is 0 Å². The third kappa shape index (κ3) is 5.02. The SMILES string of the molecule is CC(=O)OC1CCC2(C)C(=O)C(C3CCC(C(C)CCCC(C)C)C3(C)CC=O)=CC(O)C2(O)C1. The van der Waals surface area contributed by atoms with Crippen LogP contribution in [0.25, 0.3) is 0 Å². The molecule has 8 atom stereocenters. The summed E-state index contributed by atoms with van der Waals surface area (Å²) in [5, 5.41) is 22.8. The molecule has 3 aliphatic carbocycles. The van der Waals surface area contributed by atoms with Gasteiger partial charge in [-0.05, 0) is 73.3 Å². The molecule has 3 aliphatic rings. The maximum Gasteiger partial charge on any atom is 0.302 e. The third-order valence-corrected chi connectivity index (χ3v) is 9.82. The van der Waals surface area contributed by atoms with Crippen molar-refractivity contribution < 1.29 is 29.3 Å². The Labute approximate surface area is 210 Å². The maximum absolute atomic E-state index is 14.0. The van der Waals surface area contributed by atoms with Gasteiger partial charge in [0.05, 0.1) is 5.41 Å². The molecule has 198 valence electrons. The van der Waals surface area contributed by atoms with E-state index in [0.29, 0.717) is 42.6 Å². The van der Waals surface area contributed by atoms with Crippen LogP contribution in [0.4, 0.5) is 0 Å². The van der Waals surface area contributed by atoms with Gasteiger partial charge >= 0.3 is 5.97 Å². The molecule has 2 saturated carbocycles. The lowest BCUT2D eigenvalue weighted by Crippen LogP contribution is -2.65. The van der Waals surface area contributed by atoms with E-state index in [9.17, 15) is 24.6 Å². The Morgan fingerprint density at radius 2 is 1.89 bits per heavy atom. The topological polar surface area (TPSA) is 101 Å². The molecule has 3 rings (SSSR count). The fourth-order valence-corrected chi connectivity index (χ4v) is 7.64. The van der Waals surface area contributed by atoms with Crippen LogP contribution in [0.1, 0.15) is 99.3 Å². The van der Waals surface area contributed by atoms with Gasteiger partial charge in [-0.25, -0.2) is 0 Å². The second kappa shape index (κ2) is 10.5. The zero-order valence-electron chi connectivity index (χ0n) is 22.5. The summed E-state index contributed by atoms with van der Waals surface area (Å²) in [7, 11) is 0. The van der Waals surface area contributed by atoms with Gasteiger partial charge in [0.1, 0.15) is 24.1 Å². The predicted molar refractivity (Wildman–Crippen MR) is 134 cm³/mol. The molecule has 6 heteroatoms. The molecule has 0 amide bonds. The van der Waals surface area contributed by atoms with Crippen LogP contribution in [-0.2, 0) is 19.1 Å². The van der Waals surface area contributed by atoms with E-state index in [-0.39, 0.29) is 23.5 Å². The molecule has 2 fully saturated rings. The quantitative estimate of drug-likeness (QED) is 0.356. The highest BCUT2D eigenvalue weighted by molar-refractivity contribution is 6.02. The van der Waals surface area contributed by atoms with Gasteiger partial charge in [0, 0.05) is 19.8 Å². The minimum absolute atomic E-state index is 0.0333. The molecule has 0 aliphatic heterocycles. The molecular formula is C29H46O6. The van der Waals surface area contributed by atoms with Crippen molar-refractivity contribution in [1.82, 2.24) is 0 Å². The van der Waals surface area contributed by atoms with Crippen LogP contribution in [-0.4, -0.2) is 46.1 Å². The Morgan fingerprint density at radius 3 is 2.49 bits per heavy atom. The molecule has 0 saturated heterocycles. The number of aliphatic hydroxyl groups excluding tert-OH is 1. The van der Waals surface area contributed by atoms with Gasteiger partial charge in [0.15, 0.2) is 5.78 Å². The van der Waals surface area contributed by atoms with Crippen LogP contribution in [0.2, 0.25) is 0 Å². The molecule has 0 heterocycles. The number of aldehydes is 1. The molecule has 0 radical (unpaired) electrons. The number of carbonyl (C=O) groups excluding carboxylic acids is 3.